The Morgan fingerprint density at radius 3 is 2.64 bits per heavy atom. The van der Waals surface area contributed by atoms with Crippen molar-refractivity contribution in [2.24, 2.45) is 5.90 Å². The van der Waals surface area contributed by atoms with Gasteiger partial charge in [0.25, 0.3) is 0 Å². The highest BCUT2D eigenvalue weighted by Gasteiger charge is 2.46. The van der Waals surface area contributed by atoms with Gasteiger partial charge in [0.2, 0.25) is 0 Å². The van der Waals surface area contributed by atoms with Gasteiger partial charge in [0.05, 0.1) is 6.61 Å². The summed E-state index contributed by atoms with van der Waals surface area (Å²) in [5.41, 5.74) is -0.0102. The Hall–Kier alpha value is -1.00. The Balaban J connectivity index is 2.35. The lowest BCUT2D eigenvalue weighted by atomic mass is 9.96. The molecule has 0 aromatic heterocycles. The molecule has 0 heterocycles. The van der Waals surface area contributed by atoms with E-state index in [2.05, 4.69) is 4.84 Å². The molecular weight excluding hydrogens is 188 g/mol. The van der Waals surface area contributed by atoms with E-state index in [0.717, 1.165) is 25.0 Å². The van der Waals surface area contributed by atoms with Crippen molar-refractivity contribution < 1.29 is 13.6 Å². The molecule has 0 bridgehead atoms. The maximum absolute atomic E-state index is 13.4. The van der Waals surface area contributed by atoms with Gasteiger partial charge in [0.15, 0.2) is 0 Å². The van der Waals surface area contributed by atoms with E-state index < -0.39 is 5.82 Å². The van der Waals surface area contributed by atoms with Crippen LogP contribution in [0.5, 0.6) is 0 Å². The quantitative estimate of drug-likeness (QED) is 0.754. The van der Waals surface area contributed by atoms with Crippen molar-refractivity contribution in [3.8, 4) is 0 Å². The first kappa shape index (κ1) is 9.55. The second-order valence-electron chi connectivity index (χ2n) is 3.72. The minimum Gasteiger partial charge on any atom is -0.304 e. The molecule has 0 spiro atoms. The summed E-state index contributed by atoms with van der Waals surface area (Å²) in [7, 11) is 0. The smallest absolute Gasteiger partial charge is 0.127 e. The maximum atomic E-state index is 13.4. The molecule has 1 saturated carbocycles. The summed E-state index contributed by atoms with van der Waals surface area (Å²) >= 11 is 0. The highest BCUT2D eigenvalue weighted by atomic mass is 19.1. The molecule has 76 valence electrons. The fourth-order valence-corrected chi connectivity index (χ4v) is 1.71. The van der Waals surface area contributed by atoms with Gasteiger partial charge in [0, 0.05) is 5.41 Å². The Labute approximate surface area is 80.6 Å². The number of halogens is 2. The highest BCUT2D eigenvalue weighted by Crippen LogP contribution is 2.49. The zero-order valence-corrected chi connectivity index (χ0v) is 7.59. The molecule has 0 aliphatic heterocycles. The van der Waals surface area contributed by atoms with Crippen molar-refractivity contribution in [1.29, 1.82) is 0 Å². The summed E-state index contributed by atoms with van der Waals surface area (Å²) in [4.78, 5) is 4.53. The van der Waals surface area contributed by atoms with Crippen molar-refractivity contribution in [3.05, 3.63) is 35.4 Å². The standard InChI is InChI=1S/C10H11F2NO/c11-7-1-2-9(12)8(5-7)10(3-4-10)6-14-13/h1-2,5H,3-4,6,13H2. The van der Waals surface area contributed by atoms with Crippen LogP contribution in [0.3, 0.4) is 0 Å². The Bertz CT molecular complexity index is 350. The summed E-state index contributed by atoms with van der Waals surface area (Å²) < 4.78 is 26.3. The predicted octanol–water partition coefficient (Wildman–Crippen LogP) is 1.89. The molecule has 0 atom stereocenters. The van der Waals surface area contributed by atoms with Gasteiger partial charge in [-0.05, 0) is 36.6 Å². The number of hydrogen-bond donors (Lipinski definition) is 1. The zero-order valence-electron chi connectivity index (χ0n) is 7.59. The average Bonchev–Trinajstić information content (AvgIpc) is 2.91. The van der Waals surface area contributed by atoms with E-state index >= 15 is 0 Å². The van der Waals surface area contributed by atoms with Gasteiger partial charge in [-0.3, -0.25) is 0 Å². The van der Waals surface area contributed by atoms with Crippen LogP contribution in [-0.2, 0) is 10.3 Å². The van der Waals surface area contributed by atoms with E-state index in [0.29, 0.717) is 5.56 Å². The van der Waals surface area contributed by atoms with Gasteiger partial charge < -0.3 is 4.84 Å². The number of rotatable bonds is 3. The molecule has 2 nitrogen and oxygen atoms in total. The van der Waals surface area contributed by atoms with Crippen LogP contribution >= 0.6 is 0 Å². The molecule has 1 aliphatic carbocycles. The lowest BCUT2D eigenvalue weighted by Gasteiger charge is -2.14. The molecule has 0 radical (unpaired) electrons. The second-order valence-corrected chi connectivity index (χ2v) is 3.72. The molecule has 4 heteroatoms. The predicted molar refractivity (Wildman–Crippen MR) is 47.4 cm³/mol. The molecule has 0 unspecified atom stereocenters. The molecule has 1 fully saturated rings. The summed E-state index contributed by atoms with van der Waals surface area (Å²) in [5.74, 6) is 4.15. The fraction of sp³-hybridized carbons (Fsp3) is 0.400. The van der Waals surface area contributed by atoms with Crippen LogP contribution in [0.2, 0.25) is 0 Å². The number of benzene rings is 1. The van der Waals surface area contributed by atoms with Gasteiger partial charge >= 0.3 is 0 Å². The van der Waals surface area contributed by atoms with Gasteiger partial charge in [-0.1, -0.05) is 0 Å². The fourth-order valence-electron chi connectivity index (χ4n) is 1.71. The molecule has 0 saturated heterocycles. The van der Waals surface area contributed by atoms with Crippen molar-refractivity contribution in [2.75, 3.05) is 6.61 Å². The van der Waals surface area contributed by atoms with Crippen LogP contribution in [0.25, 0.3) is 0 Å². The molecule has 14 heavy (non-hydrogen) atoms. The van der Waals surface area contributed by atoms with E-state index in [1.54, 1.807) is 0 Å². The first-order valence-corrected chi connectivity index (χ1v) is 4.45. The first-order valence-electron chi connectivity index (χ1n) is 4.45. The van der Waals surface area contributed by atoms with E-state index in [1.165, 1.54) is 6.07 Å². The monoisotopic (exact) mass is 199 g/mol. The van der Waals surface area contributed by atoms with Crippen LogP contribution in [0.15, 0.2) is 18.2 Å². The van der Waals surface area contributed by atoms with E-state index in [1.807, 2.05) is 0 Å². The summed E-state index contributed by atoms with van der Waals surface area (Å²) in [6.45, 7) is 0.243. The van der Waals surface area contributed by atoms with Crippen LogP contribution in [0, 0.1) is 11.6 Å². The molecule has 2 rings (SSSR count). The largest absolute Gasteiger partial charge is 0.304 e. The first-order chi connectivity index (χ1) is 6.68. The zero-order chi connectivity index (χ0) is 10.2. The van der Waals surface area contributed by atoms with Crippen LogP contribution in [0.1, 0.15) is 18.4 Å². The topological polar surface area (TPSA) is 35.2 Å². The molecule has 2 N–H and O–H groups in total. The third-order valence-corrected chi connectivity index (χ3v) is 2.71. The van der Waals surface area contributed by atoms with E-state index in [-0.39, 0.29) is 17.8 Å². The highest BCUT2D eigenvalue weighted by molar-refractivity contribution is 5.33. The lowest BCUT2D eigenvalue weighted by Crippen LogP contribution is -2.19. The third-order valence-electron chi connectivity index (χ3n) is 2.71. The summed E-state index contributed by atoms with van der Waals surface area (Å²) in [6, 6.07) is 3.47. The minimum absolute atomic E-state index is 0.243. The Morgan fingerprint density at radius 2 is 2.07 bits per heavy atom. The Morgan fingerprint density at radius 1 is 1.36 bits per heavy atom. The second kappa shape index (κ2) is 3.29. The lowest BCUT2D eigenvalue weighted by molar-refractivity contribution is 0.115. The third kappa shape index (κ3) is 1.51. The van der Waals surface area contributed by atoms with Gasteiger partial charge in [-0.15, -0.1) is 0 Å². The molecule has 1 aliphatic rings. The number of hydrogen-bond acceptors (Lipinski definition) is 2. The van der Waals surface area contributed by atoms with Gasteiger partial charge in [-0.25, -0.2) is 14.7 Å². The van der Waals surface area contributed by atoms with Crippen molar-refractivity contribution in [2.45, 2.75) is 18.3 Å². The molecular formula is C10H11F2NO. The minimum atomic E-state index is -0.426. The van der Waals surface area contributed by atoms with Crippen molar-refractivity contribution in [1.82, 2.24) is 0 Å². The van der Waals surface area contributed by atoms with Gasteiger partial charge in [0.1, 0.15) is 11.6 Å². The average molecular weight is 199 g/mol. The SMILES string of the molecule is NOCC1(c2cc(F)ccc2F)CC1. The van der Waals surface area contributed by atoms with Crippen molar-refractivity contribution in [3.63, 3.8) is 0 Å². The summed E-state index contributed by atoms with van der Waals surface area (Å²) in [5, 5.41) is 0. The van der Waals surface area contributed by atoms with Gasteiger partial charge in [-0.2, -0.15) is 0 Å². The Kier molecular flexibility index (Phi) is 2.25. The van der Waals surface area contributed by atoms with E-state index in [9.17, 15) is 8.78 Å². The molecule has 1 aromatic carbocycles. The van der Waals surface area contributed by atoms with Crippen LogP contribution in [0.4, 0.5) is 8.78 Å². The number of nitrogens with two attached hydrogens (primary N) is 1. The molecule has 1 aromatic rings. The van der Waals surface area contributed by atoms with Crippen LogP contribution in [-0.4, -0.2) is 6.61 Å². The summed E-state index contributed by atoms with van der Waals surface area (Å²) in [6.07, 6.45) is 1.59. The maximum Gasteiger partial charge on any atom is 0.127 e. The van der Waals surface area contributed by atoms with Crippen LogP contribution < -0.4 is 5.90 Å². The molecule has 0 amide bonds. The normalized spacial score (nSPS) is 18.2. The van der Waals surface area contributed by atoms with Crippen molar-refractivity contribution >= 4 is 0 Å². The van der Waals surface area contributed by atoms with E-state index in [4.69, 9.17) is 5.90 Å².